The van der Waals surface area contributed by atoms with E-state index in [1.165, 1.54) is 0 Å². The van der Waals surface area contributed by atoms with Crippen molar-refractivity contribution in [3.63, 3.8) is 0 Å². The van der Waals surface area contributed by atoms with Crippen LogP contribution in [0.25, 0.3) is 0 Å². The van der Waals surface area contributed by atoms with Crippen molar-refractivity contribution in [3.05, 3.63) is 17.0 Å². The highest BCUT2D eigenvalue weighted by atomic mass is 16.5. The van der Waals surface area contributed by atoms with E-state index in [9.17, 15) is 15.1 Å². The van der Waals surface area contributed by atoms with Gasteiger partial charge in [-0.3, -0.25) is 0 Å². The highest BCUT2D eigenvalue weighted by Crippen LogP contribution is 2.41. The molecular weight excluding hydrogens is 258 g/mol. The Hall–Kier alpha value is -1.65. The van der Waals surface area contributed by atoms with Crippen molar-refractivity contribution in [1.29, 1.82) is 0 Å². The Morgan fingerprint density at radius 1 is 1.10 bits per heavy atom. The molecule has 0 aliphatic rings. The Morgan fingerprint density at radius 3 is 1.90 bits per heavy atom. The minimum atomic E-state index is -0.657. The summed E-state index contributed by atoms with van der Waals surface area (Å²) in [5, 5.41) is 22.9. The van der Waals surface area contributed by atoms with Crippen molar-refractivity contribution < 1.29 is 19.8 Å². The predicted molar refractivity (Wildman–Crippen MR) is 75.5 cm³/mol. The zero-order valence-corrected chi connectivity index (χ0v) is 13.3. The Balaban J connectivity index is 3.69. The van der Waals surface area contributed by atoms with E-state index in [1.54, 1.807) is 6.92 Å². The third kappa shape index (κ3) is 2.76. The lowest BCUT2D eigenvalue weighted by atomic mass is 9.89. The molecule has 1 heterocycles. The van der Waals surface area contributed by atoms with Crippen molar-refractivity contribution in [2.24, 2.45) is 0 Å². The topological polar surface area (TPSA) is 71.4 Å². The quantitative estimate of drug-likeness (QED) is 0.847. The minimum Gasteiger partial charge on any atom is -0.505 e. The van der Waals surface area contributed by atoms with Gasteiger partial charge in [0.2, 0.25) is 0 Å². The lowest BCUT2D eigenvalue weighted by molar-refractivity contribution is 0.0491. The Morgan fingerprint density at radius 2 is 1.55 bits per heavy atom. The molecular formula is C15H24NO4. The summed E-state index contributed by atoms with van der Waals surface area (Å²) in [6, 6.07) is 0. The molecule has 0 aliphatic carbocycles. The van der Waals surface area contributed by atoms with Crippen LogP contribution in [-0.2, 0) is 20.8 Å². The first-order chi connectivity index (χ1) is 8.92. The number of rotatable bonds is 2. The summed E-state index contributed by atoms with van der Waals surface area (Å²) in [7, 11) is 0. The minimum absolute atomic E-state index is 0.0146. The number of nitrogens with zero attached hydrogens (tertiary/aromatic N) is 1. The fraction of sp³-hybridized carbons (Fsp3) is 0.667. The summed E-state index contributed by atoms with van der Waals surface area (Å²) < 4.78 is 5.66. The van der Waals surface area contributed by atoms with Crippen LogP contribution >= 0.6 is 0 Å². The van der Waals surface area contributed by atoms with E-state index >= 15 is 0 Å². The largest absolute Gasteiger partial charge is 0.505 e. The molecule has 0 saturated heterocycles. The van der Waals surface area contributed by atoms with Crippen LogP contribution in [0.1, 0.15) is 70.2 Å². The van der Waals surface area contributed by atoms with E-state index in [-0.39, 0.29) is 29.3 Å². The van der Waals surface area contributed by atoms with Gasteiger partial charge < -0.3 is 9.84 Å². The van der Waals surface area contributed by atoms with Gasteiger partial charge in [0.05, 0.1) is 12.3 Å². The molecule has 1 aromatic heterocycles. The molecule has 0 spiro atoms. The molecule has 0 bridgehead atoms. The predicted octanol–water partition coefficient (Wildman–Crippen LogP) is 3.16. The SMILES string of the molecule is CCOC(=O)c1c(O)c(C(C)(C)C)n([O])c1C(C)(C)C. The van der Waals surface area contributed by atoms with Crippen LogP contribution < -0.4 is 0 Å². The monoisotopic (exact) mass is 282 g/mol. The third-order valence-corrected chi connectivity index (χ3v) is 3.00. The van der Waals surface area contributed by atoms with E-state index in [0.29, 0.717) is 4.73 Å². The fourth-order valence-corrected chi connectivity index (χ4v) is 2.28. The molecule has 113 valence electrons. The van der Waals surface area contributed by atoms with Gasteiger partial charge in [-0.25, -0.2) is 4.79 Å². The maximum Gasteiger partial charge on any atom is 0.343 e. The molecule has 1 rings (SSSR count). The summed E-state index contributed by atoms with van der Waals surface area (Å²) in [6.45, 7) is 12.8. The van der Waals surface area contributed by atoms with Crippen molar-refractivity contribution in [1.82, 2.24) is 4.73 Å². The zero-order valence-electron chi connectivity index (χ0n) is 13.3. The summed E-state index contributed by atoms with van der Waals surface area (Å²) in [5.41, 5.74) is -0.718. The van der Waals surface area contributed by atoms with Crippen molar-refractivity contribution in [2.45, 2.75) is 59.3 Å². The van der Waals surface area contributed by atoms with Gasteiger partial charge in [-0.1, -0.05) is 41.5 Å². The summed E-state index contributed by atoms with van der Waals surface area (Å²) in [5.74, 6) is -0.925. The van der Waals surface area contributed by atoms with Gasteiger partial charge in [-0.15, -0.1) is 4.73 Å². The average molecular weight is 282 g/mol. The summed E-state index contributed by atoms with van der Waals surface area (Å²) >= 11 is 0. The van der Waals surface area contributed by atoms with Gasteiger partial charge in [0, 0.05) is 10.8 Å². The van der Waals surface area contributed by atoms with E-state index in [1.807, 2.05) is 41.5 Å². The molecule has 5 heteroatoms. The number of aromatic hydroxyl groups is 1. The van der Waals surface area contributed by atoms with Crippen molar-refractivity contribution in [2.75, 3.05) is 6.61 Å². The van der Waals surface area contributed by atoms with Gasteiger partial charge in [-0.05, 0) is 6.92 Å². The molecule has 0 atom stereocenters. The number of hydrogen-bond acceptors (Lipinski definition) is 3. The Kier molecular flexibility index (Phi) is 4.13. The summed E-state index contributed by atoms with van der Waals surface area (Å²) in [4.78, 5) is 12.1. The molecule has 0 amide bonds. The second kappa shape index (κ2) is 5.04. The molecule has 0 unspecified atom stereocenters. The first-order valence-electron chi connectivity index (χ1n) is 6.76. The van der Waals surface area contributed by atoms with Crippen LogP contribution in [0.2, 0.25) is 0 Å². The molecule has 0 aliphatic heterocycles. The van der Waals surface area contributed by atoms with E-state index in [0.717, 1.165) is 0 Å². The van der Waals surface area contributed by atoms with E-state index in [4.69, 9.17) is 4.74 Å². The maximum atomic E-state index is 12.6. The second-order valence-corrected chi connectivity index (χ2v) is 6.94. The molecule has 1 radical (unpaired) electrons. The van der Waals surface area contributed by atoms with Crippen LogP contribution in [0.3, 0.4) is 0 Å². The first kappa shape index (κ1) is 16.4. The van der Waals surface area contributed by atoms with Gasteiger partial charge >= 0.3 is 5.97 Å². The zero-order chi connectivity index (χ0) is 15.9. The van der Waals surface area contributed by atoms with Crippen LogP contribution in [0.5, 0.6) is 5.75 Å². The molecule has 1 N–H and O–H groups in total. The third-order valence-electron chi connectivity index (χ3n) is 3.00. The highest BCUT2D eigenvalue weighted by Gasteiger charge is 2.39. The number of esters is 1. The van der Waals surface area contributed by atoms with Crippen LogP contribution in [-0.4, -0.2) is 22.4 Å². The van der Waals surface area contributed by atoms with Gasteiger partial charge in [0.25, 0.3) is 0 Å². The average Bonchev–Trinajstić information content (AvgIpc) is 2.48. The highest BCUT2D eigenvalue weighted by molar-refractivity contribution is 5.95. The molecule has 0 fully saturated rings. The van der Waals surface area contributed by atoms with Gasteiger partial charge in [-0.2, -0.15) is 5.21 Å². The standard InChI is InChI=1S/C15H24NO4/c1-8-20-13(18)9-10(17)12(15(5,6)7)16(19)11(9)14(2,3)4/h17H,8H2,1-7H3. The molecule has 0 aromatic carbocycles. The van der Waals surface area contributed by atoms with Crippen molar-refractivity contribution in [3.8, 4) is 5.75 Å². The molecule has 0 saturated carbocycles. The van der Waals surface area contributed by atoms with Crippen LogP contribution in [0, 0.1) is 0 Å². The first-order valence-corrected chi connectivity index (χ1v) is 6.76. The Bertz CT molecular complexity index is 515. The molecule has 1 aromatic rings. The number of ether oxygens (including phenoxy) is 1. The van der Waals surface area contributed by atoms with Crippen LogP contribution in [0.4, 0.5) is 0 Å². The lowest BCUT2D eigenvalue weighted by Crippen LogP contribution is -2.23. The number of carbonyl (C=O) groups is 1. The smallest absolute Gasteiger partial charge is 0.343 e. The maximum absolute atomic E-state index is 12.6. The van der Waals surface area contributed by atoms with E-state index < -0.39 is 16.8 Å². The summed E-state index contributed by atoms with van der Waals surface area (Å²) in [6.07, 6.45) is 0. The van der Waals surface area contributed by atoms with Crippen molar-refractivity contribution >= 4 is 5.97 Å². The lowest BCUT2D eigenvalue weighted by Gasteiger charge is -2.21. The molecule has 20 heavy (non-hydrogen) atoms. The second-order valence-electron chi connectivity index (χ2n) is 6.94. The Labute approximate surface area is 120 Å². The molecule has 5 nitrogen and oxygen atoms in total. The number of aromatic nitrogens is 1. The van der Waals surface area contributed by atoms with E-state index in [2.05, 4.69) is 0 Å². The van der Waals surface area contributed by atoms with Gasteiger partial charge in [0.15, 0.2) is 5.75 Å². The fourth-order valence-electron chi connectivity index (χ4n) is 2.28. The normalized spacial score (nSPS) is 12.6. The number of carbonyl (C=O) groups excluding carboxylic acids is 1. The van der Waals surface area contributed by atoms with Crippen LogP contribution in [0.15, 0.2) is 0 Å². The number of hydrogen-bond donors (Lipinski definition) is 1. The van der Waals surface area contributed by atoms with Gasteiger partial charge in [0.1, 0.15) is 11.3 Å².